The molecular formula is C12H9N3O2S2. The number of nitrogens with one attached hydrogen (secondary N) is 1. The number of anilines is 1. The molecule has 1 amide bonds. The fourth-order valence-corrected chi connectivity index (χ4v) is 3.19. The van der Waals surface area contributed by atoms with Gasteiger partial charge in [-0.25, -0.2) is 4.98 Å². The molecule has 1 aromatic carbocycles. The zero-order chi connectivity index (χ0) is 13.2. The summed E-state index contributed by atoms with van der Waals surface area (Å²) in [5.74, 6) is -0.249. The first-order chi connectivity index (χ1) is 9.24. The average molecular weight is 291 g/mol. The third-order valence-corrected chi connectivity index (χ3v) is 4.20. The monoisotopic (exact) mass is 291 g/mol. The lowest BCUT2D eigenvalue weighted by Crippen LogP contribution is -2.24. The van der Waals surface area contributed by atoms with Gasteiger partial charge in [0.2, 0.25) is 5.91 Å². The predicted molar refractivity (Wildman–Crippen MR) is 76.8 cm³/mol. The largest absolute Gasteiger partial charge is 0.308 e. The Labute approximate surface area is 116 Å². The fourth-order valence-electron chi connectivity index (χ4n) is 1.75. The van der Waals surface area contributed by atoms with Gasteiger partial charge in [-0.15, -0.1) is 11.3 Å². The van der Waals surface area contributed by atoms with Crippen LogP contribution in [0.3, 0.4) is 0 Å². The molecule has 1 N–H and O–H groups in total. The highest BCUT2D eigenvalue weighted by molar-refractivity contribution is 7.16. The van der Waals surface area contributed by atoms with Gasteiger partial charge < -0.3 is 5.32 Å². The van der Waals surface area contributed by atoms with Gasteiger partial charge in [0.05, 0.1) is 10.2 Å². The van der Waals surface area contributed by atoms with Gasteiger partial charge in [0.25, 0.3) is 0 Å². The quantitative estimate of drug-likeness (QED) is 0.804. The molecule has 0 fully saturated rings. The summed E-state index contributed by atoms with van der Waals surface area (Å²) in [5.41, 5.74) is 0.784. The first kappa shape index (κ1) is 12.1. The van der Waals surface area contributed by atoms with E-state index in [1.807, 2.05) is 24.3 Å². The molecule has 0 radical (unpaired) electrons. The summed E-state index contributed by atoms with van der Waals surface area (Å²) < 4.78 is 2.36. The van der Waals surface area contributed by atoms with Crippen molar-refractivity contribution in [3.05, 3.63) is 45.5 Å². The number of carbonyl (C=O) groups is 1. The van der Waals surface area contributed by atoms with Crippen molar-refractivity contribution in [3.8, 4) is 0 Å². The van der Waals surface area contributed by atoms with Gasteiger partial charge in [-0.2, -0.15) is 0 Å². The molecule has 0 saturated carbocycles. The summed E-state index contributed by atoms with van der Waals surface area (Å²) in [5, 5.41) is 4.98. The van der Waals surface area contributed by atoms with E-state index in [-0.39, 0.29) is 17.3 Å². The van der Waals surface area contributed by atoms with E-state index in [9.17, 15) is 9.59 Å². The van der Waals surface area contributed by atoms with Crippen LogP contribution in [0, 0.1) is 0 Å². The Hall–Kier alpha value is -1.99. The number of nitrogens with zero attached hydrogens (tertiary/aromatic N) is 2. The van der Waals surface area contributed by atoms with Crippen molar-refractivity contribution in [1.29, 1.82) is 0 Å². The highest BCUT2D eigenvalue weighted by atomic mass is 32.1. The molecule has 0 aliphatic heterocycles. The van der Waals surface area contributed by atoms with E-state index in [1.54, 1.807) is 11.6 Å². The lowest BCUT2D eigenvalue weighted by molar-refractivity contribution is -0.116. The molecule has 7 heteroatoms. The topological polar surface area (TPSA) is 64.0 Å². The molecule has 0 aliphatic carbocycles. The van der Waals surface area contributed by atoms with Gasteiger partial charge in [-0.05, 0) is 12.1 Å². The van der Waals surface area contributed by atoms with Gasteiger partial charge in [0, 0.05) is 11.6 Å². The van der Waals surface area contributed by atoms with E-state index in [0.717, 1.165) is 21.6 Å². The standard InChI is InChI=1S/C12H9N3O2S2/c16-10(14-11-13-5-6-18-11)7-15-8-3-1-2-4-9(8)19-12(15)17/h1-6H,7H2,(H,13,14,16). The molecule has 5 nitrogen and oxygen atoms in total. The number of fused-ring (bicyclic) bond motifs is 1. The number of carbonyl (C=O) groups excluding carboxylic acids is 1. The number of hydrogen-bond donors (Lipinski definition) is 1. The highest BCUT2D eigenvalue weighted by Gasteiger charge is 2.11. The van der Waals surface area contributed by atoms with E-state index in [0.29, 0.717) is 5.13 Å². The summed E-state index contributed by atoms with van der Waals surface area (Å²) >= 11 is 2.49. The molecule has 0 bridgehead atoms. The third-order valence-electron chi connectivity index (χ3n) is 2.55. The first-order valence-corrected chi connectivity index (χ1v) is 7.21. The molecule has 96 valence electrons. The minimum Gasteiger partial charge on any atom is -0.300 e. The van der Waals surface area contributed by atoms with Gasteiger partial charge >= 0.3 is 4.87 Å². The molecule has 0 atom stereocenters. The molecule has 2 aromatic heterocycles. The lowest BCUT2D eigenvalue weighted by atomic mass is 10.3. The van der Waals surface area contributed by atoms with Crippen LogP contribution in [0.1, 0.15) is 0 Å². The van der Waals surface area contributed by atoms with Crippen LogP contribution in [0.15, 0.2) is 40.6 Å². The Balaban J connectivity index is 1.87. The van der Waals surface area contributed by atoms with E-state index in [4.69, 9.17) is 0 Å². The molecule has 0 aliphatic rings. The first-order valence-electron chi connectivity index (χ1n) is 5.52. The number of benzene rings is 1. The van der Waals surface area contributed by atoms with Crippen molar-refractivity contribution in [2.75, 3.05) is 5.32 Å². The number of amides is 1. The smallest absolute Gasteiger partial charge is 0.300 e. The van der Waals surface area contributed by atoms with E-state index < -0.39 is 0 Å². The molecule has 0 unspecified atom stereocenters. The van der Waals surface area contributed by atoms with Crippen LogP contribution < -0.4 is 10.2 Å². The number of hydrogen-bond acceptors (Lipinski definition) is 5. The molecular weight excluding hydrogens is 282 g/mol. The van der Waals surface area contributed by atoms with Crippen molar-refractivity contribution in [2.45, 2.75) is 6.54 Å². The summed E-state index contributed by atoms with van der Waals surface area (Å²) in [7, 11) is 0. The van der Waals surface area contributed by atoms with Gasteiger partial charge in [-0.3, -0.25) is 14.2 Å². The Morgan fingerprint density at radius 1 is 1.37 bits per heavy atom. The molecule has 0 saturated heterocycles. The normalized spacial score (nSPS) is 10.7. The summed E-state index contributed by atoms with van der Waals surface area (Å²) in [6.07, 6.45) is 1.62. The second-order valence-electron chi connectivity index (χ2n) is 3.81. The molecule has 2 heterocycles. The number of para-hydroxylation sites is 1. The Morgan fingerprint density at radius 2 is 2.21 bits per heavy atom. The van der Waals surface area contributed by atoms with Gasteiger partial charge in [0.1, 0.15) is 6.54 Å². The zero-order valence-electron chi connectivity index (χ0n) is 9.70. The summed E-state index contributed by atoms with van der Waals surface area (Å²) in [6, 6.07) is 7.43. The van der Waals surface area contributed by atoms with Crippen LogP contribution in [0.2, 0.25) is 0 Å². The van der Waals surface area contributed by atoms with E-state index >= 15 is 0 Å². The molecule has 3 aromatic rings. The average Bonchev–Trinajstić information content (AvgIpc) is 2.99. The molecule has 3 rings (SSSR count). The zero-order valence-corrected chi connectivity index (χ0v) is 11.3. The van der Waals surface area contributed by atoms with E-state index in [1.165, 1.54) is 15.9 Å². The van der Waals surface area contributed by atoms with Crippen LogP contribution in [-0.4, -0.2) is 15.5 Å². The van der Waals surface area contributed by atoms with Crippen LogP contribution >= 0.6 is 22.7 Å². The van der Waals surface area contributed by atoms with Crippen molar-refractivity contribution >= 4 is 43.9 Å². The Morgan fingerprint density at radius 3 is 3.00 bits per heavy atom. The van der Waals surface area contributed by atoms with Crippen molar-refractivity contribution in [2.24, 2.45) is 0 Å². The minimum absolute atomic E-state index is 0.00241. The van der Waals surface area contributed by atoms with Crippen molar-refractivity contribution in [3.63, 3.8) is 0 Å². The third kappa shape index (κ3) is 2.42. The van der Waals surface area contributed by atoms with Crippen molar-refractivity contribution < 1.29 is 4.79 Å². The van der Waals surface area contributed by atoms with Gasteiger partial charge in [-0.1, -0.05) is 23.5 Å². The highest BCUT2D eigenvalue weighted by Crippen LogP contribution is 2.16. The minimum atomic E-state index is -0.249. The number of rotatable bonds is 3. The molecule has 19 heavy (non-hydrogen) atoms. The summed E-state index contributed by atoms with van der Waals surface area (Å²) in [6.45, 7) is 0.00241. The maximum Gasteiger partial charge on any atom is 0.308 e. The maximum atomic E-state index is 11.9. The number of thiazole rings is 2. The second kappa shape index (κ2) is 4.94. The molecule has 0 spiro atoms. The van der Waals surface area contributed by atoms with Crippen LogP contribution in [0.25, 0.3) is 10.2 Å². The predicted octanol–water partition coefficient (Wildman–Crippen LogP) is 2.16. The van der Waals surface area contributed by atoms with Crippen molar-refractivity contribution in [1.82, 2.24) is 9.55 Å². The van der Waals surface area contributed by atoms with Crippen LogP contribution in [-0.2, 0) is 11.3 Å². The van der Waals surface area contributed by atoms with Gasteiger partial charge in [0.15, 0.2) is 5.13 Å². The summed E-state index contributed by atoms with van der Waals surface area (Å²) in [4.78, 5) is 27.6. The van der Waals surface area contributed by atoms with E-state index in [2.05, 4.69) is 10.3 Å². The SMILES string of the molecule is O=C(Cn1c(=O)sc2ccccc21)Nc1nccs1. The Bertz CT molecular complexity index is 774. The fraction of sp³-hybridized carbons (Fsp3) is 0.0833. The lowest BCUT2D eigenvalue weighted by Gasteiger charge is -2.03. The number of aromatic nitrogens is 2. The second-order valence-corrected chi connectivity index (χ2v) is 5.70. The Kier molecular flexibility index (Phi) is 3.14. The van der Waals surface area contributed by atoms with Crippen LogP contribution in [0.4, 0.5) is 5.13 Å². The maximum absolute atomic E-state index is 11.9. The van der Waals surface area contributed by atoms with Crippen LogP contribution in [0.5, 0.6) is 0 Å².